The fourth-order valence-corrected chi connectivity index (χ4v) is 1.49. The number of ether oxygens (including phenoxy) is 1. The van der Waals surface area contributed by atoms with Crippen molar-refractivity contribution in [3.63, 3.8) is 0 Å². The lowest BCUT2D eigenvalue weighted by Gasteiger charge is -2.13. The summed E-state index contributed by atoms with van der Waals surface area (Å²) < 4.78 is 6.42. The van der Waals surface area contributed by atoms with Crippen LogP contribution in [0.25, 0.3) is 0 Å². The Labute approximate surface area is 76.5 Å². The monoisotopic (exact) mass is 180 g/mol. The Morgan fingerprint density at radius 3 is 2.92 bits per heavy atom. The fourth-order valence-electron chi connectivity index (χ4n) is 1.49. The van der Waals surface area contributed by atoms with E-state index in [0.29, 0.717) is 5.92 Å². The van der Waals surface area contributed by atoms with E-state index in [1.807, 2.05) is 6.07 Å². The predicted molar refractivity (Wildman–Crippen MR) is 46.0 cm³/mol. The van der Waals surface area contributed by atoms with Crippen LogP contribution in [0.5, 0.6) is 0 Å². The van der Waals surface area contributed by atoms with Crippen molar-refractivity contribution in [1.29, 1.82) is 0 Å². The lowest BCUT2D eigenvalue weighted by atomic mass is 10.2. The first kappa shape index (κ1) is 8.29. The summed E-state index contributed by atoms with van der Waals surface area (Å²) in [6.45, 7) is 0. The Morgan fingerprint density at radius 1 is 1.69 bits per heavy atom. The lowest BCUT2D eigenvalue weighted by Crippen LogP contribution is -2.23. The summed E-state index contributed by atoms with van der Waals surface area (Å²) in [5, 5.41) is 4.06. The Bertz CT molecular complexity index is 291. The van der Waals surface area contributed by atoms with Crippen LogP contribution in [0.3, 0.4) is 0 Å². The van der Waals surface area contributed by atoms with E-state index in [9.17, 15) is 4.79 Å². The van der Waals surface area contributed by atoms with Crippen molar-refractivity contribution in [3.05, 3.63) is 18.5 Å². The molecule has 0 amide bonds. The summed E-state index contributed by atoms with van der Waals surface area (Å²) in [5.41, 5.74) is 0. The van der Waals surface area contributed by atoms with E-state index in [1.165, 1.54) is 7.11 Å². The minimum atomic E-state index is -0.208. The van der Waals surface area contributed by atoms with Gasteiger partial charge in [0.15, 0.2) is 6.04 Å². The largest absolute Gasteiger partial charge is 0.467 e. The van der Waals surface area contributed by atoms with Crippen molar-refractivity contribution in [1.82, 2.24) is 9.78 Å². The molecule has 2 rings (SSSR count). The average Bonchev–Trinajstić information content (AvgIpc) is 2.81. The smallest absolute Gasteiger partial charge is 0.330 e. The molecule has 4 nitrogen and oxygen atoms in total. The maximum absolute atomic E-state index is 11.4. The van der Waals surface area contributed by atoms with E-state index >= 15 is 0 Å². The molecule has 0 aliphatic heterocycles. The molecule has 1 aromatic heterocycles. The third kappa shape index (κ3) is 1.56. The highest BCUT2D eigenvalue weighted by atomic mass is 16.5. The number of nitrogens with zero attached hydrogens (tertiary/aromatic N) is 2. The fraction of sp³-hybridized carbons (Fsp3) is 0.556. The maximum atomic E-state index is 11.4. The van der Waals surface area contributed by atoms with Gasteiger partial charge in [0.25, 0.3) is 0 Å². The first-order valence-corrected chi connectivity index (χ1v) is 4.40. The zero-order valence-corrected chi connectivity index (χ0v) is 7.51. The van der Waals surface area contributed by atoms with Gasteiger partial charge < -0.3 is 4.74 Å². The molecule has 1 aliphatic carbocycles. The van der Waals surface area contributed by atoms with Gasteiger partial charge in [0.1, 0.15) is 0 Å². The zero-order valence-electron chi connectivity index (χ0n) is 7.51. The SMILES string of the molecule is COC(=O)C(C1CC1)n1cccn1. The third-order valence-electron chi connectivity index (χ3n) is 2.32. The highest BCUT2D eigenvalue weighted by molar-refractivity contribution is 5.74. The molecule has 1 aromatic rings. The second kappa shape index (κ2) is 3.20. The molecule has 1 aliphatic rings. The summed E-state index contributed by atoms with van der Waals surface area (Å²) >= 11 is 0. The second-order valence-corrected chi connectivity index (χ2v) is 3.29. The first-order valence-electron chi connectivity index (χ1n) is 4.40. The van der Waals surface area contributed by atoms with Crippen molar-refractivity contribution in [2.45, 2.75) is 18.9 Å². The Morgan fingerprint density at radius 2 is 2.46 bits per heavy atom. The Balaban J connectivity index is 2.18. The topological polar surface area (TPSA) is 44.1 Å². The highest BCUT2D eigenvalue weighted by Gasteiger charge is 2.38. The average molecular weight is 180 g/mol. The maximum Gasteiger partial charge on any atom is 0.330 e. The van der Waals surface area contributed by atoms with Gasteiger partial charge >= 0.3 is 5.97 Å². The Hall–Kier alpha value is -1.32. The molecule has 1 unspecified atom stereocenters. The number of carbonyl (C=O) groups is 1. The number of aromatic nitrogens is 2. The molecule has 0 saturated heterocycles. The van der Waals surface area contributed by atoms with E-state index in [2.05, 4.69) is 5.10 Å². The first-order chi connectivity index (χ1) is 6.33. The molecule has 0 radical (unpaired) electrons. The van der Waals surface area contributed by atoms with E-state index in [4.69, 9.17) is 4.74 Å². The van der Waals surface area contributed by atoms with E-state index < -0.39 is 0 Å². The minimum absolute atomic E-state index is 0.189. The van der Waals surface area contributed by atoms with Gasteiger partial charge in [-0.1, -0.05) is 0 Å². The number of rotatable bonds is 3. The number of esters is 1. The number of methoxy groups -OCH3 is 1. The van der Waals surface area contributed by atoms with Crippen molar-refractivity contribution >= 4 is 5.97 Å². The number of carbonyl (C=O) groups excluding carboxylic acids is 1. The van der Waals surface area contributed by atoms with Gasteiger partial charge in [0.05, 0.1) is 7.11 Å². The van der Waals surface area contributed by atoms with Crippen LogP contribution in [0.1, 0.15) is 18.9 Å². The summed E-state index contributed by atoms with van der Waals surface area (Å²) in [5.74, 6) is 0.235. The summed E-state index contributed by atoms with van der Waals surface area (Å²) in [7, 11) is 1.42. The van der Waals surface area contributed by atoms with Gasteiger partial charge in [-0.15, -0.1) is 0 Å². The van der Waals surface area contributed by atoms with Gasteiger partial charge in [-0.2, -0.15) is 5.10 Å². The molecule has 1 fully saturated rings. The lowest BCUT2D eigenvalue weighted by molar-refractivity contribution is -0.145. The molecule has 1 heterocycles. The van der Waals surface area contributed by atoms with E-state index in [0.717, 1.165) is 12.8 Å². The predicted octanol–water partition coefficient (Wildman–Crippen LogP) is 1.01. The van der Waals surface area contributed by atoms with E-state index in [-0.39, 0.29) is 12.0 Å². The molecule has 1 saturated carbocycles. The van der Waals surface area contributed by atoms with Crippen LogP contribution >= 0.6 is 0 Å². The minimum Gasteiger partial charge on any atom is -0.467 e. The van der Waals surface area contributed by atoms with Crippen LogP contribution in [0.2, 0.25) is 0 Å². The molecule has 0 spiro atoms. The van der Waals surface area contributed by atoms with Gasteiger partial charge in [-0.25, -0.2) is 4.79 Å². The molecule has 70 valence electrons. The Kier molecular flexibility index (Phi) is 2.04. The molecule has 0 bridgehead atoms. The van der Waals surface area contributed by atoms with Crippen LogP contribution in [-0.2, 0) is 9.53 Å². The van der Waals surface area contributed by atoms with Crippen molar-refractivity contribution in [2.24, 2.45) is 5.92 Å². The van der Waals surface area contributed by atoms with Crippen LogP contribution in [-0.4, -0.2) is 22.9 Å². The third-order valence-corrected chi connectivity index (χ3v) is 2.32. The van der Waals surface area contributed by atoms with Gasteiger partial charge in [-0.05, 0) is 24.8 Å². The summed E-state index contributed by atoms with van der Waals surface area (Å²) in [4.78, 5) is 11.4. The van der Waals surface area contributed by atoms with Crippen LogP contribution in [0, 0.1) is 5.92 Å². The van der Waals surface area contributed by atoms with Crippen molar-refractivity contribution in [3.8, 4) is 0 Å². The quantitative estimate of drug-likeness (QED) is 0.652. The van der Waals surface area contributed by atoms with Gasteiger partial charge in [0.2, 0.25) is 0 Å². The van der Waals surface area contributed by atoms with E-state index in [1.54, 1.807) is 17.1 Å². The normalized spacial score (nSPS) is 18.2. The van der Waals surface area contributed by atoms with Gasteiger partial charge in [-0.3, -0.25) is 4.68 Å². The molecule has 1 atom stereocenters. The standard InChI is InChI=1S/C9H12N2O2/c1-13-9(12)8(7-3-4-7)11-6-2-5-10-11/h2,5-8H,3-4H2,1H3. The molecular weight excluding hydrogens is 168 g/mol. The summed E-state index contributed by atoms with van der Waals surface area (Å²) in [6, 6.07) is 1.61. The summed E-state index contributed by atoms with van der Waals surface area (Å²) in [6.07, 6.45) is 5.68. The molecular formula is C9H12N2O2. The second-order valence-electron chi connectivity index (χ2n) is 3.29. The number of hydrogen-bond acceptors (Lipinski definition) is 3. The molecule has 13 heavy (non-hydrogen) atoms. The molecule has 0 N–H and O–H groups in total. The van der Waals surface area contributed by atoms with Crippen molar-refractivity contribution in [2.75, 3.05) is 7.11 Å². The highest BCUT2D eigenvalue weighted by Crippen LogP contribution is 2.39. The van der Waals surface area contributed by atoms with Crippen LogP contribution in [0.4, 0.5) is 0 Å². The van der Waals surface area contributed by atoms with Crippen LogP contribution < -0.4 is 0 Å². The van der Waals surface area contributed by atoms with Crippen molar-refractivity contribution < 1.29 is 9.53 Å². The molecule has 0 aromatic carbocycles. The van der Waals surface area contributed by atoms with Crippen LogP contribution in [0.15, 0.2) is 18.5 Å². The van der Waals surface area contributed by atoms with Gasteiger partial charge in [0, 0.05) is 12.4 Å². The zero-order chi connectivity index (χ0) is 9.26. The molecule has 4 heteroatoms. The number of hydrogen-bond donors (Lipinski definition) is 0.